The molecule has 0 unspecified atom stereocenters. The Kier molecular flexibility index (Phi) is 5.38. The van der Waals surface area contributed by atoms with E-state index < -0.39 is 0 Å². The number of hydrogen-bond donors (Lipinski definition) is 2. The van der Waals surface area contributed by atoms with Crippen molar-refractivity contribution in [1.29, 1.82) is 0 Å². The summed E-state index contributed by atoms with van der Waals surface area (Å²) in [6, 6.07) is 3.71. The molecule has 3 heterocycles. The van der Waals surface area contributed by atoms with E-state index in [0.29, 0.717) is 27.6 Å². The minimum Gasteiger partial charge on any atom is -0.494 e. The first-order valence-corrected chi connectivity index (χ1v) is 10.0. The largest absolute Gasteiger partial charge is 0.494 e. The number of hydrogen-bond acceptors (Lipinski definition) is 9. The highest BCUT2D eigenvalue weighted by Crippen LogP contribution is 2.33. The standard InChI is InChI=1S/C19H20N8O3S/c1-26(2)14(28)8-27(3)19(29)18-24-15-16(20-9-21-17(15)31-18)23-12-5-10-7-22-25-11(10)6-13(12)30-4/h5-7,9H,8H2,1-4H3,(H,22,25)(H,20,21,23). The molecule has 12 heteroatoms. The number of aromatic nitrogens is 5. The molecular weight excluding hydrogens is 420 g/mol. The van der Waals surface area contributed by atoms with Gasteiger partial charge in [-0.3, -0.25) is 14.7 Å². The first kappa shape index (κ1) is 20.5. The molecule has 2 amide bonds. The molecule has 0 bridgehead atoms. The van der Waals surface area contributed by atoms with E-state index in [1.54, 1.807) is 34.4 Å². The topological polar surface area (TPSA) is 129 Å². The summed E-state index contributed by atoms with van der Waals surface area (Å²) in [6.07, 6.45) is 3.11. The van der Waals surface area contributed by atoms with Gasteiger partial charge in [-0.25, -0.2) is 15.0 Å². The Morgan fingerprint density at radius 2 is 2.03 bits per heavy atom. The van der Waals surface area contributed by atoms with E-state index in [1.165, 1.54) is 16.1 Å². The van der Waals surface area contributed by atoms with Crippen LogP contribution in [0.15, 0.2) is 24.7 Å². The molecule has 0 aliphatic heterocycles. The second-order valence-corrected chi connectivity index (χ2v) is 7.96. The van der Waals surface area contributed by atoms with E-state index in [4.69, 9.17) is 4.74 Å². The molecule has 0 spiro atoms. The minimum absolute atomic E-state index is 0.0412. The smallest absolute Gasteiger partial charge is 0.283 e. The fraction of sp³-hybridized carbons (Fsp3) is 0.263. The SMILES string of the molecule is COc1cc2[nH]ncc2cc1Nc1ncnc2sc(C(=O)N(C)CC(=O)N(C)C)nc12. The van der Waals surface area contributed by atoms with Gasteiger partial charge in [0.15, 0.2) is 10.8 Å². The van der Waals surface area contributed by atoms with Crippen molar-refractivity contribution in [2.45, 2.75) is 0 Å². The van der Waals surface area contributed by atoms with E-state index in [-0.39, 0.29) is 23.4 Å². The summed E-state index contributed by atoms with van der Waals surface area (Å²) >= 11 is 1.14. The van der Waals surface area contributed by atoms with Crippen molar-refractivity contribution in [1.82, 2.24) is 34.9 Å². The van der Waals surface area contributed by atoms with Crippen molar-refractivity contribution in [3.8, 4) is 5.75 Å². The molecule has 0 aliphatic carbocycles. The van der Waals surface area contributed by atoms with Crippen molar-refractivity contribution in [3.63, 3.8) is 0 Å². The third-order valence-electron chi connectivity index (χ3n) is 4.61. The lowest BCUT2D eigenvalue weighted by Gasteiger charge is -2.17. The quantitative estimate of drug-likeness (QED) is 0.465. The Bertz CT molecular complexity index is 1280. The molecule has 1 aromatic carbocycles. The van der Waals surface area contributed by atoms with Crippen LogP contribution in [-0.2, 0) is 4.79 Å². The van der Waals surface area contributed by atoms with Gasteiger partial charge in [-0.05, 0) is 6.07 Å². The molecule has 0 fully saturated rings. The number of fused-ring (bicyclic) bond motifs is 2. The third-order valence-corrected chi connectivity index (χ3v) is 5.56. The zero-order valence-corrected chi connectivity index (χ0v) is 18.1. The monoisotopic (exact) mass is 440 g/mol. The third kappa shape index (κ3) is 3.97. The van der Waals surface area contributed by atoms with E-state index in [0.717, 1.165) is 22.2 Å². The van der Waals surface area contributed by atoms with Crippen LogP contribution in [0.1, 0.15) is 9.80 Å². The summed E-state index contributed by atoms with van der Waals surface area (Å²) in [6.45, 7) is -0.0412. The first-order chi connectivity index (χ1) is 14.9. The van der Waals surface area contributed by atoms with Gasteiger partial charge in [0.05, 0.1) is 31.1 Å². The molecule has 0 saturated heterocycles. The molecule has 0 saturated carbocycles. The van der Waals surface area contributed by atoms with Crippen molar-refractivity contribution in [2.24, 2.45) is 0 Å². The number of benzene rings is 1. The number of H-pyrrole nitrogens is 1. The summed E-state index contributed by atoms with van der Waals surface area (Å²) in [7, 11) is 6.41. The second-order valence-electron chi connectivity index (χ2n) is 6.98. The average molecular weight is 440 g/mol. The number of aromatic amines is 1. The summed E-state index contributed by atoms with van der Waals surface area (Å²) in [5.41, 5.74) is 1.97. The van der Waals surface area contributed by atoms with Crippen molar-refractivity contribution in [3.05, 3.63) is 29.7 Å². The molecule has 4 rings (SSSR count). The summed E-state index contributed by atoms with van der Waals surface area (Å²) in [4.78, 5) is 41.0. The second kappa shape index (κ2) is 8.14. The molecule has 0 aliphatic rings. The summed E-state index contributed by atoms with van der Waals surface area (Å²) < 4.78 is 5.47. The van der Waals surface area contributed by atoms with Crippen molar-refractivity contribution in [2.75, 3.05) is 40.1 Å². The van der Waals surface area contributed by atoms with Gasteiger partial charge in [0.25, 0.3) is 5.91 Å². The van der Waals surface area contributed by atoms with Crippen molar-refractivity contribution >= 4 is 55.9 Å². The molecule has 31 heavy (non-hydrogen) atoms. The molecule has 4 aromatic rings. The van der Waals surface area contributed by atoms with Crippen LogP contribution in [0.25, 0.3) is 21.3 Å². The van der Waals surface area contributed by atoms with Crippen molar-refractivity contribution < 1.29 is 14.3 Å². The van der Waals surface area contributed by atoms with Crippen LogP contribution < -0.4 is 10.1 Å². The zero-order valence-electron chi connectivity index (χ0n) is 17.3. The van der Waals surface area contributed by atoms with Gasteiger partial charge in [-0.15, -0.1) is 0 Å². The Labute approximate surface area is 181 Å². The van der Waals surface area contributed by atoms with Gasteiger partial charge < -0.3 is 19.9 Å². The lowest BCUT2D eigenvalue weighted by molar-refractivity contribution is -0.129. The van der Waals surface area contributed by atoms with Crippen LogP contribution in [0.2, 0.25) is 0 Å². The van der Waals surface area contributed by atoms with Crippen LogP contribution in [0, 0.1) is 0 Å². The van der Waals surface area contributed by atoms with Crippen LogP contribution >= 0.6 is 11.3 Å². The van der Waals surface area contributed by atoms with Gasteiger partial charge in [-0.1, -0.05) is 11.3 Å². The Hall–Kier alpha value is -3.80. The zero-order chi connectivity index (χ0) is 22.1. The number of rotatable bonds is 6. The van der Waals surface area contributed by atoms with Gasteiger partial charge in [0.2, 0.25) is 5.91 Å². The number of ether oxygens (including phenoxy) is 1. The number of likely N-dealkylation sites (N-methyl/N-ethyl adjacent to an activating group) is 2. The van der Waals surface area contributed by atoms with E-state index in [1.807, 2.05) is 12.1 Å². The van der Waals surface area contributed by atoms with Crippen LogP contribution in [-0.4, -0.2) is 81.6 Å². The van der Waals surface area contributed by atoms with Crippen LogP contribution in [0.4, 0.5) is 11.5 Å². The van der Waals surface area contributed by atoms with Gasteiger partial charge in [0.1, 0.15) is 22.4 Å². The Morgan fingerprint density at radius 3 is 2.77 bits per heavy atom. The molecule has 0 atom stereocenters. The summed E-state index contributed by atoms with van der Waals surface area (Å²) in [5.74, 6) is 0.493. The van der Waals surface area contributed by atoms with Gasteiger partial charge in [-0.2, -0.15) is 5.10 Å². The number of thiazole rings is 1. The van der Waals surface area contributed by atoms with E-state index in [9.17, 15) is 9.59 Å². The maximum atomic E-state index is 12.8. The van der Waals surface area contributed by atoms with E-state index >= 15 is 0 Å². The fourth-order valence-corrected chi connectivity index (χ4v) is 3.78. The number of nitrogens with zero attached hydrogens (tertiary/aromatic N) is 6. The maximum absolute atomic E-state index is 12.8. The molecule has 2 N–H and O–H groups in total. The molecule has 11 nitrogen and oxygen atoms in total. The summed E-state index contributed by atoms with van der Waals surface area (Å²) in [5, 5.41) is 11.3. The number of carbonyl (C=O) groups excluding carboxylic acids is 2. The normalized spacial score (nSPS) is 11.0. The lowest BCUT2D eigenvalue weighted by atomic mass is 10.2. The average Bonchev–Trinajstić information content (AvgIpc) is 3.39. The number of amides is 2. The van der Waals surface area contributed by atoms with Crippen LogP contribution in [0.5, 0.6) is 5.75 Å². The number of nitrogens with one attached hydrogen (secondary N) is 2. The highest BCUT2D eigenvalue weighted by molar-refractivity contribution is 7.19. The molecular formula is C19H20N8O3S. The molecule has 3 aromatic heterocycles. The van der Waals surface area contributed by atoms with Gasteiger partial charge >= 0.3 is 0 Å². The maximum Gasteiger partial charge on any atom is 0.283 e. The number of methoxy groups -OCH3 is 1. The highest BCUT2D eigenvalue weighted by Gasteiger charge is 2.22. The Morgan fingerprint density at radius 1 is 1.23 bits per heavy atom. The first-order valence-electron chi connectivity index (χ1n) is 9.22. The predicted octanol–water partition coefficient (Wildman–Crippen LogP) is 1.88. The predicted molar refractivity (Wildman–Crippen MR) is 117 cm³/mol. The minimum atomic E-state index is -0.360. The number of carbonyl (C=O) groups is 2. The highest BCUT2D eigenvalue weighted by atomic mass is 32.1. The molecule has 160 valence electrons. The fourth-order valence-electron chi connectivity index (χ4n) is 2.88. The Balaban J connectivity index is 1.65. The lowest BCUT2D eigenvalue weighted by Crippen LogP contribution is -2.37. The number of anilines is 2. The van der Waals surface area contributed by atoms with E-state index in [2.05, 4.69) is 30.5 Å². The van der Waals surface area contributed by atoms with Crippen LogP contribution in [0.3, 0.4) is 0 Å². The molecule has 0 radical (unpaired) electrons. The van der Waals surface area contributed by atoms with Gasteiger partial charge in [0, 0.05) is 32.6 Å².